The summed E-state index contributed by atoms with van der Waals surface area (Å²) in [4.78, 5) is 10.4. The van der Waals surface area contributed by atoms with Gasteiger partial charge < -0.3 is 5.32 Å². The van der Waals surface area contributed by atoms with E-state index < -0.39 is 4.92 Å². The molecule has 25 heavy (non-hydrogen) atoms. The normalized spacial score (nSPS) is 11.3. The van der Waals surface area contributed by atoms with Crippen molar-refractivity contribution < 1.29 is 4.92 Å². The zero-order chi connectivity index (χ0) is 18.0. The van der Waals surface area contributed by atoms with Crippen molar-refractivity contribution in [2.45, 2.75) is 19.3 Å². The van der Waals surface area contributed by atoms with E-state index in [2.05, 4.69) is 35.5 Å². The highest BCUT2D eigenvalue weighted by Gasteiger charge is 2.30. The molecule has 0 aliphatic rings. The average Bonchev–Trinajstić information content (AvgIpc) is 3.12. The van der Waals surface area contributed by atoms with Crippen molar-refractivity contribution >= 4 is 11.4 Å². The molecule has 0 saturated heterocycles. The Hall–Kier alpha value is -3.22. The number of para-hydroxylation sites is 1. The molecule has 7 heteroatoms. The maximum Gasteiger partial charge on any atom is 0.269 e. The molecule has 128 valence electrons. The Morgan fingerprint density at radius 3 is 2.44 bits per heavy atom. The lowest BCUT2D eigenvalue weighted by Gasteiger charge is -2.28. The largest absolute Gasteiger partial charge is 0.388 e. The molecular formula is C18H19N5O2. The number of aromatic nitrogens is 3. The molecular weight excluding hydrogens is 318 g/mol. The van der Waals surface area contributed by atoms with Crippen LogP contribution in [0.1, 0.15) is 25.1 Å². The summed E-state index contributed by atoms with van der Waals surface area (Å²) in [6.07, 6.45) is 1.73. The zero-order valence-corrected chi connectivity index (χ0v) is 14.3. The number of nitrogens with one attached hydrogen (secondary N) is 1. The summed E-state index contributed by atoms with van der Waals surface area (Å²) >= 11 is 0. The van der Waals surface area contributed by atoms with Gasteiger partial charge in [-0.15, -0.1) is 5.10 Å². The van der Waals surface area contributed by atoms with Crippen LogP contribution in [0, 0.1) is 10.1 Å². The van der Waals surface area contributed by atoms with Gasteiger partial charge in [-0.3, -0.25) is 10.1 Å². The van der Waals surface area contributed by atoms with E-state index in [0.717, 1.165) is 22.6 Å². The molecule has 0 bridgehead atoms. The molecule has 0 aliphatic carbocycles. The van der Waals surface area contributed by atoms with Crippen molar-refractivity contribution in [1.29, 1.82) is 0 Å². The highest BCUT2D eigenvalue weighted by Crippen LogP contribution is 2.36. The Balaban J connectivity index is 2.07. The Morgan fingerprint density at radius 2 is 1.80 bits per heavy atom. The third-order valence-electron chi connectivity index (χ3n) is 4.36. The average molecular weight is 337 g/mol. The molecule has 0 radical (unpaired) electrons. The number of nitro benzene ring substituents is 1. The fourth-order valence-electron chi connectivity index (χ4n) is 2.95. The van der Waals surface area contributed by atoms with E-state index in [1.165, 1.54) is 12.1 Å². The van der Waals surface area contributed by atoms with Crippen molar-refractivity contribution in [3.05, 3.63) is 76.1 Å². The molecule has 0 spiro atoms. The third-order valence-corrected chi connectivity index (χ3v) is 4.36. The predicted octanol–water partition coefficient (Wildman–Crippen LogP) is 3.54. The first-order chi connectivity index (χ1) is 11.9. The fourth-order valence-corrected chi connectivity index (χ4v) is 2.95. The SMILES string of the molecule is CNc1ccccc1C(C)(C)c1cnnn1-c1ccc([N+](=O)[O-])cc1. The number of nitrogens with zero attached hydrogens (tertiary/aromatic N) is 4. The third kappa shape index (κ3) is 2.96. The maximum absolute atomic E-state index is 10.8. The molecule has 3 aromatic rings. The molecule has 7 nitrogen and oxygen atoms in total. The van der Waals surface area contributed by atoms with Crippen LogP contribution in [0.3, 0.4) is 0 Å². The van der Waals surface area contributed by atoms with Crippen LogP contribution in [0.15, 0.2) is 54.7 Å². The van der Waals surface area contributed by atoms with E-state index in [4.69, 9.17) is 0 Å². The van der Waals surface area contributed by atoms with Crippen LogP contribution >= 0.6 is 0 Å². The van der Waals surface area contributed by atoms with Gasteiger partial charge in [0.25, 0.3) is 5.69 Å². The fraction of sp³-hybridized carbons (Fsp3) is 0.222. The summed E-state index contributed by atoms with van der Waals surface area (Å²) in [6.45, 7) is 4.20. The van der Waals surface area contributed by atoms with E-state index in [0.29, 0.717) is 0 Å². The molecule has 0 unspecified atom stereocenters. The number of anilines is 1. The molecule has 0 saturated carbocycles. The molecule has 0 aliphatic heterocycles. The molecule has 0 atom stereocenters. The van der Waals surface area contributed by atoms with E-state index in [9.17, 15) is 10.1 Å². The van der Waals surface area contributed by atoms with Crippen LogP contribution in [0.4, 0.5) is 11.4 Å². The molecule has 2 aromatic carbocycles. The van der Waals surface area contributed by atoms with Crippen LogP contribution in [-0.4, -0.2) is 27.0 Å². The minimum absolute atomic E-state index is 0.0465. The number of hydrogen-bond donors (Lipinski definition) is 1. The monoisotopic (exact) mass is 337 g/mol. The molecule has 0 amide bonds. The van der Waals surface area contributed by atoms with E-state index in [1.54, 1.807) is 23.0 Å². The van der Waals surface area contributed by atoms with Crippen molar-refractivity contribution in [2.24, 2.45) is 0 Å². The summed E-state index contributed by atoms with van der Waals surface area (Å²) in [5.74, 6) is 0. The standard InChI is InChI=1S/C18H19N5O2/c1-18(2,15-6-4-5-7-16(15)19-3)17-12-20-21-22(17)13-8-10-14(11-9-13)23(24)25/h4-12,19H,1-3H3. The molecule has 1 heterocycles. The number of benzene rings is 2. The Morgan fingerprint density at radius 1 is 1.12 bits per heavy atom. The van der Waals surface area contributed by atoms with Gasteiger partial charge >= 0.3 is 0 Å². The van der Waals surface area contributed by atoms with Crippen LogP contribution in [0.2, 0.25) is 0 Å². The minimum Gasteiger partial charge on any atom is -0.388 e. The number of non-ortho nitro benzene ring substituents is 1. The number of hydrogen-bond acceptors (Lipinski definition) is 5. The second kappa shape index (κ2) is 6.35. The highest BCUT2D eigenvalue weighted by atomic mass is 16.6. The van der Waals surface area contributed by atoms with Crippen molar-refractivity contribution in [3.63, 3.8) is 0 Å². The molecule has 3 rings (SSSR count). The maximum atomic E-state index is 10.8. The minimum atomic E-state index is -0.418. The van der Waals surface area contributed by atoms with Gasteiger partial charge in [-0.25, -0.2) is 4.68 Å². The van der Waals surface area contributed by atoms with Gasteiger partial charge in [-0.1, -0.05) is 37.3 Å². The van der Waals surface area contributed by atoms with Gasteiger partial charge in [-0.2, -0.15) is 0 Å². The van der Waals surface area contributed by atoms with Gasteiger partial charge in [0, 0.05) is 30.3 Å². The quantitative estimate of drug-likeness (QED) is 0.568. The highest BCUT2D eigenvalue weighted by molar-refractivity contribution is 5.56. The van der Waals surface area contributed by atoms with Gasteiger partial charge in [-0.05, 0) is 23.8 Å². The van der Waals surface area contributed by atoms with Crippen molar-refractivity contribution in [2.75, 3.05) is 12.4 Å². The topological polar surface area (TPSA) is 85.9 Å². The number of rotatable bonds is 5. The zero-order valence-electron chi connectivity index (χ0n) is 14.3. The second-order valence-corrected chi connectivity index (χ2v) is 6.23. The van der Waals surface area contributed by atoms with Gasteiger partial charge in [0.05, 0.1) is 22.5 Å². The second-order valence-electron chi connectivity index (χ2n) is 6.23. The van der Waals surface area contributed by atoms with E-state index in [-0.39, 0.29) is 11.1 Å². The van der Waals surface area contributed by atoms with Crippen LogP contribution in [0.25, 0.3) is 5.69 Å². The Kier molecular flexibility index (Phi) is 4.22. The summed E-state index contributed by atoms with van der Waals surface area (Å²) in [5, 5.41) is 22.3. The van der Waals surface area contributed by atoms with Crippen molar-refractivity contribution in [1.82, 2.24) is 15.0 Å². The van der Waals surface area contributed by atoms with Gasteiger partial charge in [0.2, 0.25) is 0 Å². The predicted molar refractivity (Wildman–Crippen MR) is 96.1 cm³/mol. The smallest absolute Gasteiger partial charge is 0.269 e. The van der Waals surface area contributed by atoms with E-state index >= 15 is 0 Å². The Bertz CT molecular complexity index is 900. The first kappa shape index (κ1) is 16.6. The number of nitro groups is 1. The lowest BCUT2D eigenvalue weighted by Crippen LogP contribution is -2.24. The van der Waals surface area contributed by atoms with Crippen LogP contribution in [-0.2, 0) is 5.41 Å². The first-order valence-electron chi connectivity index (χ1n) is 7.88. The lowest BCUT2D eigenvalue weighted by atomic mass is 9.80. The summed E-state index contributed by atoms with van der Waals surface area (Å²) in [6, 6.07) is 14.4. The van der Waals surface area contributed by atoms with Gasteiger partial charge in [0.15, 0.2) is 0 Å². The van der Waals surface area contributed by atoms with Crippen LogP contribution < -0.4 is 5.32 Å². The Labute approximate surface area is 145 Å². The summed E-state index contributed by atoms with van der Waals surface area (Å²) < 4.78 is 1.72. The van der Waals surface area contributed by atoms with Gasteiger partial charge in [0.1, 0.15) is 0 Å². The summed E-state index contributed by atoms with van der Waals surface area (Å²) in [5.41, 5.74) is 3.44. The molecule has 0 fully saturated rings. The molecule has 1 aromatic heterocycles. The van der Waals surface area contributed by atoms with Crippen LogP contribution in [0.5, 0.6) is 0 Å². The lowest BCUT2D eigenvalue weighted by molar-refractivity contribution is -0.384. The molecule has 1 N–H and O–H groups in total. The first-order valence-corrected chi connectivity index (χ1v) is 7.88. The summed E-state index contributed by atoms with van der Waals surface area (Å²) in [7, 11) is 1.89. The van der Waals surface area contributed by atoms with E-state index in [1.807, 2.05) is 25.2 Å². The van der Waals surface area contributed by atoms with Crippen molar-refractivity contribution in [3.8, 4) is 5.69 Å².